The molecule has 0 atom stereocenters. The lowest BCUT2D eigenvalue weighted by Crippen LogP contribution is -2.39. The van der Waals surface area contributed by atoms with Crippen LogP contribution in [-0.4, -0.2) is 45.5 Å². The zero-order valence-corrected chi connectivity index (χ0v) is 18.5. The van der Waals surface area contributed by atoms with E-state index < -0.39 is 0 Å². The molecule has 1 aromatic rings. The van der Waals surface area contributed by atoms with Gasteiger partial charge in [0.2, 0.25) is 0 Å². The van der Waals surface area contributed by atoms with Crippen molar-refractivity contribution in [2.24, 2.45) is 4.99 Å². The molecule has 0 aromatic heterocycles. The Hall–Kier alpha value is -0.930. The minimum absolute atomic E-state index is 0. The van der Waals surface area contributed by atoms with Crippen LogP contribution in [-0.2, 0) is 16.0 Å². The largest absolute Gasteiger partial charge is 0.379 e. The van der Waals surface area contributed by atoms with Crippen LogP contribution in [0.1, 0.15) is 37.8 Å². The van der Waals surface area contributed by atoms with Crippen LogP contribution in [0.15, 0.2) is 23.2 Å². The Kier molecular flexibility index (Phi) is 15.7. The lowest BCUT2D eigenvalue weighted by Gasteiger charge is -2.12. The van der Waals surface area contributed by atoms with Crippen molar-refractivity contribution in [2.45, 2.75) is 40.2 Å². The lowest BCUT2D eigenvalue weighted by molar-refractivity contribution is 0.0487. The Labute approximate surface area is 174 Å². The molecule has 0 unspecified atom stereocenters. The molecule has 0 saturated heterocycles. The molecule has 1 aromatic carbocycles. The number of hydrogen-bond donors (Lipinski definition) is 2. The number of nitrogens with one attached hydrogen (secondary N) is 2. The molecule has 0 radical (unpaired) electrons. The van der Waals surface area contributed by atoms with Gasteiger partial charge in [0.15, 0.2) is 5.96 Å². The van der Waals surface area contributed by atoms with Crippen molar-refractivity contribution < 1.29 is 13.9 Å². The van der Waals surface area contributed by atoms with Gasteiger partial charge in [-0.05, 0) is 37.5 Å². The summed E-state index contributed by atoms with van der Waals surface area (Å²) in [5.74, 6) is 0.506. The average Bonchev–Trinajstić information content (AvgIpc) is 2.61. The minimum Gasteiger partial charge on any atom is -0.379 e. The van der Waals surface area contributed by atoms with Gasteiger partial charge in [-0.3, -0.25) is 0 Å². The molecule has 5 nitrogen and oxygen atoms in total. The van der Waals surface area contributed by atoms with Crippen molar-refractivity contribution in [3.05, 3.63) is 35.1 Å². The number of aryl methyl sites for hydroxylation is 1. The summed E-state index contributed by atoms with van der Waals surface area (Å²) in [6.45, 7) is 10.4. The second kappa shape index (κ2) is 16.3. The Balaban J connectivity index is 0.00000625. The maximum atomic E-state index is 13.6. The fraction of sp³-hybridized carbons (Fsp3) is 0.632. The molecule has 0 aliphatic heterocycles. The van der Waals surface area contributed by atoms with Gasteiger partial charge in [0.25, 0.3) is 0 Å². The summed E-state index contributed by atoms with van der Waals surface area (Å²) < 4.78 is 24.5. The number of rotatable bonds is 12. The SMILES string of the molecule is CCCCOCCOCCNC(=NCc1ccc(C)c(F)c1)NCC.I. The number of ether oxygens (including phenoxy) is 2. The van der Waals surface area contributed by atoms with Crippen molar-refractivity contribution in [3.63, 3.8) is 0 Å². The molecule has 26 heavy (non-hydrogen) atoms. The van der Waals surface area contributed by atoms with Gasteiger partial charge in [-0.25, -0.2) is 9.38 Å². The summed E-state index contributed by atoms with van der Waals surface area (Å²) in [5, 5.41) is 6.38. The van der Waals surface area contributed by atoms with Crippen LogP contribution in [0.3, 0.4) is 0 Å². The molecule has 0 saturated carbocycles. The summed E-state index contributed by atoms with van der Waals surface area (Å²) in [5.41, 5.74) is 1.49. The number of unbranched alkanes of at least 4 members (excludes halogenated alkanes) is 1. The van der Waals surface area contributed by atoms with Gasteiger partial charge >= 0.3 is 0 Å². The summed E-state index contributed by atoms with van der Waals surface area (Å²) >= 11 is 0. The average molecular weight is 481 g/mol. The molecule has 2 N–H and O–H groups in total. The number of benzene rings is 1. The van der Waals surface area contributed by atoms with Crippen LogP contribution < -0.4 is 10.6 Å². The van der Waals surface area contributed by atoms with Crippen molar-refractivity contribution in [1.82, 2.24) is 10.6 Å². The van der Waals surface area contributed by atoms with E-state index in [2.05, 4.69) is 22.5 Å². The first kappa shape index (κ1) is 25.1. The Morgan fingerprint density at radius 2 is 1.81 bits per heavy atom. The molecule has 0 heterocycles. The van der Waals surface area contributed by atoms with E-state index in [1.807, 2.05) is 13.0 Å². The summed E-state index contributed by atoms with van der Waals surface area (Å²) in [6.07, 6.45) is 2.24. The molecular formula is C19H33FIN3O2. The third kappa shape index (κ3) is 11.6. The Morgan fingerprint density at radius 3 is 2.46 bits per heavy atom. The van der Waals surface area contributed by atoms with Crippen LogP contribution in [0, 0.1) is 12.7 Å². The Bertz CT molecular complexity index is 516. The van der Waals surface area contributed by atoms with Crippen LogP contribution in [0.25, 0.3) is 0 Å². The van der Waals surface area contributed by atoms with Crippen molar-refractivity contribution in [3.8, 4) is 0 Å². The second-order valence-corrected chi connectivity index (χ2v) is 5.78. The van der Waals surface area contributed by atoms with Gasteiger partial charge in [0, 0.05) is 19.7 Å². The van der Waals surface area contributed by atoms with Gasteiger partial charge in [0.05, 0.1) is 26.4 Å². The molecule has 1 rings (SSSR count). The first-order valence-corrected chi connectivity index (χ1v) is 9.10. The summed E-state index contributed by atoms with van der Waals surface area (Å²) in [6, 6.07) is 5.20. The highest BCUT2D eigenvalue weighted by molar-refractivity contribution is 14.0. The standard InChI is InChI=1S/C19H32FN3O2.HI/c1-4-6-10-24-12-13-25-11-9-22-19(21-5-2)23-15-17-8-7-16(3)18(20)14-17;/h7-8,14H,4-6,9-13,15H2,1-3H3,(H2,21,22,23);1H. The molecule has 7 heteroatoms. The molecule has 0 spiro atoms. The monoisotopic (exact) mass is 481 g/mol. The number of nitrogens with zero attached hydrogens (tertiary/aromatic N) is 1. The molecule has 0 fully saturated rings. The van der Waals surface area contributed by atoms with Crippen LogP contribution in [0.2, 0.25) is 0 Å². The zero-order chi connectivity index (χ0) is 18.3. The molecule has 0 bridgehead atoms. The zero-order valence-electron chi connectivity index (χ0n) is 16.1. The quantitative estimate of drug-likeness (QED) is 0.207. The third-order valence-electron chi connectivity index (χ3n) is 3.55. The summed E-state index contributed by atoms with van der Waals surface area (Å²) in [4.78, 5) is 4.47. The highest BCUT2D eigenvalue weighted by atomic mass is 127. The molecule has 0 amide bonds. The van der Waals surface area contributed by atoms with E-state index in [-0.39, 0.29) is 29.8 Å². The molecule has 0 aliphatic carbocycles. The highest BCUT2D eigenvalue weighted by Crippen LogP contribution is 2.09. The molecular weight excluding hydrogens is 448 g/mol. The smallest absolute Gasteiger partial charge is 0.191 e. The van der Waals surface area contributed by atoms with Gasteiger partial charge in [-0.1, -0.05) is 25.5 Å². The number of guanidine groups is 1. The van der Waals surface area contributed by atoms with Gasteiger partial charge in [-0.15, -0.1) is 24.0 Å². The maximum Gasteiger partial charge on any atom is 0.191 e. The molecule has 0 aliphatic rings. The topological polar surface area (TPSA) is 54.9 Å². The fourth-order valence-corrected chi connectivity index (χ4v) is 2.06. The predicted octanol–water partition coefficient (Wildman–Crippen LogP) is 3.64. The third-order valence-corrected chi connectivity index (χ3v) is 3.55. The molecule has 150 valence electrons. The van der Waals surface area contributed by atoms with E-state index in [1.165, 1.54) is 6.07 Å². The van der Waals surface area contributed by atoms with Gasteiger partial charge < -0.3 is 20.1 Å². The van der Waals surface area contributed by atoms with Crippen molar-refractivity contribution >= 4 is 29.9 Å². The first-order chi connectivity index (χ1) is 12.2. The van der Waals surface area contributed by atoms with E-state index in [0.29, 0.717) is 44.4 Å². The normalized spacial score (nSPS) is 11.2. The minimum atomic E-state index is -0.194. The first-order valence-electron chi connectivity index (χ1n) is 9.10. The summed E-state index contributed by atoms with van der Waals surface area (Å²) in [7, 11) is 0. The number of hydrogen-bond acceptors (Lipinski definition) is 3. The predicted molar refractivity (Wildman–Crippen MR) is 116 cm³/mol. The van der Waals surface area contributed by atoms with Gasteiger partial charge in [0.1, 0.15) is 5.82 Å². The number of aliphatic imine (C=N–C) groups is 1. The van der Waals surface area contributed by atoms with Crippen molar-refractivity contribution in [2.75, 3.05) is 39.5 Å². The van der Waals surface area contributed by atoms with E-state index in [1.54, 1.807) is 13.0 Å². The fourth-order valence-electron chi connectivity index (χ4n) is 2.06. The van der Waals surface area contributed by atoms with E-state index in [0.717, 1.165) is 31.6 Å². The lowest BCUT2D eigenvalue weighted by atomic mass is 10.1. The van der Waals surface area contributed by atoms with E-state index in [4.69, 9.17) is 9.47 Å². The van der Waals surface area contributed by atoms with Crippen LogP contribution in [0.4, 0.5) is 4.39 Å². The van der Waals surface area contributed by atoms with E-state index >= 15 is 0 Å². The number of halogens is 2. The second-order valence-electron chi connectivity index (χ2n) is 5.78. The van der Waals surface area contributed by atoms with Crippen LogP contribution >= 0.6 is 24.0 Å². The van der Waals surface area contributed by atoms with Gasteiger partial charge in [-0.2, -0.15) is 0 Å². The van der Waals surface area contributed by atoms with Crippen molar-refractivity contribution in [1.29, 1.82) is 0 Å². The maximum absolute atomic E-state index is 13.6. The highest BCUT2D eigenvalue weighted by Gasteiger charge is 2.01. The van der Waals surface area contributed by atoms with Crippen LogP contribution in [0.5, 0.6) is 0 Å². The Morgan fingerprint density at radius 1 is 1.08 bits per heavy atom. The van der Waals surface area contributed by atoms with E-state index in [9.17, 15) is 4.39 Å².